The van der Waals surface area contributed by atoms with Gasteiger partial charge in [0.2, 0.25) is 0 Å². The number of fused-ring (bicyclic) bond motifs is 2. The third kappa shape index (κ3) is 2.79. The van der Waals surface area contributed by atoms with Crippen molar-refractivity contribution in [1.82, 2.24) is 10.3 Å². The largest absolute Gasteiger partial charge is 0.481 e. The number of para-hydroxylation sites is 2. The van der Waals surface area contributed by atoms with Crippen molar-refractivity contribution >= 4 is 28.4 Å². The van der Waals surface area contributed by atoms with Crippen molar-refractivity contribution in [2.45, 2.75) is 6.42 Å². The summed E-state index contributed by atoms with van der Waals surface area (Å²) in [6, 6.07) is 13.3. The molecule has 0 saturated carbocycles. The Balaban J connectivity index is 1.47. The minimum Gasteiger partial charge on any atom is -0.481 e. The van der Waals surface area contributed by atoms with Gasteiger partial charge >= 0.3 is 0 Å². The molecule has 2 N–H and O–H groups in total. The van der Waals surface area contributed by atoms with E-state index in [4.69, 9.17) is 4.74 Å². The van der Waals surface area contributed by atoms with E-state index in [1.54, 1.807) is 25.2 Å². The van der Waals surface area contributed by atoms with E-state index in [1.165, 1.54) is 10.3 Å². The van der Waals surface area contributed by atoms with E-state index in [0.717, 1.165) is 17.5 Å². The van der Waals surface area contributed by atoms with Crippen molar-refractivity contribution < 1.29 is 14.3 Å². The van der Waals surface area contributed by atoms with Crippen LogP contribution in [0.5, 0.6) is 5.75 Å². The van der Waals surface area contributed by atoms with Gasteiger partial charge in [-0.1, -0.05) is 24.3 Å². The number of nitrogens with one attached hydrogen (secondary N) is 2. The minimum absolute atomic E-state index is 0.0524. The molecular weight excluding hydrogens is 330 g/mol. The third-order valence-electron chi connectivity index (χ3n) is 4.67. The highest BCUT2D eigenvalue weighted by Crippen LogP contribution is 2.34. The topological polar surface area (TPSA) is 74.4 Å². The van der Waals surface area contributed by atoms with Crippen LogP contribution in [0, 0.1) is 0 Å². The Kier molecular flexibility index (Phi) is 4.08. The molecule has 0 fully saturated rings. The van der Waals surface area contributed by atoms with Gasteiger partial charge < -0.3 is 19.9 Å². The number of aromatic nitrogens is 1. The van der Waals surface area contributed by atoms with Crippen LogP contribution in [0.4, 0.5) is 5.69 Å². The number of amides is 2. The van der Waals surface area contributed by atoms with E-state index >= 15 is 0 Å². The van der Waals surface area contributed by atoms with Crippen LogP contribution in [0.2, 0.25) is 0 Å². The number of hydrogen-bond acceptors (Lipinski definition) is 3. The molecule has 1 aliphatic rings. The van der Waals surface area contributed by atoms with E-state index < -0.39 is 0 Å². The van der Waals surface area contributed by atoms with Crippen LogP contribution < -0.4 is 15.0 Å². The second-order valence-electron chi connectivity index (χ2n) is 6.26. The molecule has 3 aromatic rings. The average molecular weight is 349 g/mol. The summed E-state index contributed by atoms with van der Waals surface area (Å²) < 4.78 is 5.51. The van der Waals surface area contributed by atoms with E-state index in [-0.39, 0.29) is 18.4 Å². The summed E-state index contributed by atoms with van der Waals surface area (Å²) in [7, 11) is 1.68. The number of rotatable bonds is 4. The number of nitrogens with zero attached hydrogens (tertiary/aromatic N) is 1. The van der Waals surface area contributed by atoms with E-state index in [1.807, 2.05) is 24.4 Å². The molecule has 1 aromatic heterocycles. The predicted molar refractivity (Wildman–Crippen MR) is 99.7 cm³/mol. The zero-order valence-electron chi connectivity index (χ0n) is 14.4. The van der Waals surface area contributed by atoms with Crippen molar-refractivity contribution in [3.8, 4) is 5.75 Å². The molecule has 2 heterocycles. The summed E-state index contributed by atoms with van der Waals surface area (Å²) in [5, 5.41) is 4.11. The van der Waals surface area contributed by atoms with Gasteiger partial charge in [-0.05, 0) is 30.2 Å². The first-order valence-corrected chi connectivity index (χ1v) is 8.50. The van der Waals surface area contributed by atoms with Gasteiger partial charge in [0.05, 0.1) is 11.3 Å². The fourth-order valence-electron chi connectivity index (χ4n) is 3.23. The molecule has 4 rings (SSSR count). The molecule has 0 aliphatic carbocycles. The quantitative estimate of drug-likeness (QED) is 0.760. The lowest BCUT2D eigenvalue weighted by Gasteiger charge is -2.27. The number of benzene rings is 2. The molecule has 0 bridgehead atoms. The first-order valence-electron chi connectivity index (χ1n) is 8.50. The highest BCUT2D eigenvalue weighted by Gasteiger charge is 2.26. The summed E-state index contributed by atoms with van der Waals surface area (Å²) >= 11 is 0. The molecule has 26 heavy (non-hydrogen) atoms. The molecule has 0 saturated heterocycles. The van der Waals surface area contributed by atoms with Gasteiger partial charge in [0.1, 0.15) is 0 Å². The summed E-state index contributed by atoms with van der Waals surface area (Å²) in [5.41, 5.74) is 3.32. The zero-order chi connectivity index (χ0) is 18.1. The van der Waals surface area contributed by atoms with Crippen molar-refractivity contribution in [3.05, 3.63) is 59.8 Å². The number of carbonyl (C=O) groups excluding carboxylic acids is 2. The normalized spacial score (nSPS) is 13.4. The van der Waals surface area contributed by atoms with Gasteiger partial charge in [0.15, 0.2) is 12.4 Å². The van der Waals surface area contributed by atoms with E-state index in [0.29, 0.717) is 23.5 Å². The van der Waals surface area contributed by atoms with Crippen LogP contribution in [0.25, 0.3) is 10.9 Å². The number of carbonyl (C=O) groups is 2. The second-order valence-corrected chi connectivity index (χ2v) is 6.26. The molecule has 6 nitrogen and oxygen atoms in total. The molecule has 132 valence electrons. The fraction of sp³-hybridized carbons (Fsp3) is 0.200. The Bertz CT molecular complexity index is 993. The number of ether oxygens (including phenoxy) is 1. The Morgan fingerprint density at radius 1 is 1.23 bits per heavy atom. The van der Waals surface area contributed by atoms with Crippen molar-refractivity contribution in [3.63, 3.8) is 0 Å². The van der Waals surface area contributed by atoms with Gasteiger partial charge in [0.25, 0.3) is 11.8 Å². The van der Waals surface area contributed by atoms with Crippen molar-refractivity contribution in [1.29, 1.82) is 0 Å². The fourth-order valence-corrected chi connectivity index (χ4v) is 3.23. The predicted octanol–water partition coefficient (Wildman–Crippen LogP) is 2.50. The maximum absolute atomic E-state index is 12.6. The van der Waals surface area contributed by atoms with Crippen LogP contribution >= 0.6 is 0 Å². The van der Waals surface area contributed by atoms with Gasteiger partial charge in [-0.15, -0.1) is 0 Å². The molecule has 0 atom stereocenters. The average Bonchev–Trinajstić information content (AvgIpc) is 3.07. The SMILES string of the molecule is CN1C(=O)COc2c(C(=O)NCCc3c[nH]c4ccccc34)cccc21. The minimum atomic E-state index is -0.204. The summed E-state index contributed by atoms with van der Waals surface area (Å²) in [5.74, 6) is 0.123. The van der Waals surface area contributed by atoms with Crippen molar-refractivity contribution in [2.75, 3.05) is 25.1 Å². The lowest BCUT2D eigenvalue weighted by molar-refractivity contribution is -0.121. The molecule has 0 spiro atoms. The molecule has 0 unspecified atom stereocenters. The number of aromatic amines is 1. The summed E-state index contributed by atoms with van der Waals surface area (Å²) in [6.45, 7) is 0.461. The Morgan fingerprint density at radius 2 is 2.08 bits per heavy atom. The van der Waals surface area contributed by atoms with E-state index in [2.05, 4.69) is 16.4 Å². The number of H-pyrrole nitrogens is 1. The highest BCUT2D eigenvalue weighted by molar-refractivity contribution is 6.04. The summed E-state index contributed by atoms with van der Waals surface area (Å²) in [4.78, 5) is 29.1. The number of anilines is 1. The maximum atomic E-state index is 12.6. The van der Waals surface area contributed by atoms with Crippen LogP contribution in [0.1, 0.15) is 15.9 Å². The van der Waals surface area contributed by atoms with Gasteiger partial charge in [-0.3, -0.25) is 9.59 Å². The lowest BCUT2D eigenvalue weighted by atomic mass is 10.1. The van der Waals surface area contributed by atoms with E-state index in [9.17, 15) is 9.59 Å². The van der Waals surface area contributed by atoms with Crippen LogP contribution in [0.3, 0.4) is 0 Å². The third-order valence-corrected chi connectivity index (χ3v) is 4.67. The van der Waals surface area contributed by atoms with Gasteiger partial charge in [0, 0.05) is 30.7 Å². The highest BCUT2D eigenvalue weighted by atomic mass is 16.5. The molecular formula is C20H19N3O3. The van der Waals surface area contributed by atoms with Gasteiger partial charge in [-0.2, -0.15) is 0 Å². The second kappa shape index (κ2) is 6.55. The molecule has 0 radical (unpaired) electrons. The van der Waals surface area contributed by atoms with Crippen LogP contribution in [0.15, 0.2) is 48.7 Å². The van der Waals surface area contributed by atoms with Crippen LogP contribution in [-0.2, 0) is 11.2 Å². The van der Waals surface area contributed by atoms with Crippen molar-refractivity contribution in [2.24, 2.45) is 0 Å². The Hall–Kier alpha value is -3.28. The smallest absolute Gasteiger partial charge is 0.264 e. The van der Waals surface area contributed by atoms with Gasteiger partial charge in [-0.25, -0.2) is 0 Å². The molecule has 6 heteroatoms. The number of hydrogen-bond donors (Lipinski definition) is 2. The molecule has 2 aromatic carbocycles. The zero-order valence-corrected chi connectivity index (χ0v) is 14.4. The monoisotopic (exact) mass is 349 g/mol. The molecule has 2 amide bonds. The first kappa shape index (κ1) is 16.2. The Morgan fingerprint density at radius 3 is 2.96 bits per heavy atom. The van der Waals surface area contributed by atoms with Crippen LogP contribution in [-0.4, -0.2) is 37.0 Å². The maximum Gasteiger partial charge on any atom is 0.264 e. The Labute approximate surface area is 150 Å². The molecule has 1 aliphatic heterocycles. The lowest BCUT2D eigenvalue weighted by Crippen LogP contribution is -2.36. The standard InChI is InChI=1S/C20H19N3O3/c1-23-17-8-4-6-15(19(17)26-12-18(23)24)20(25)21-10-9-13-11-22-16-7-3-2-5-14(13)16/h2-8,11,22H,9-10,12H2,1H3,(H,21,25). The summed E-state index contributed by atoms with van der Waals surface area (Å²) in [6.07, 6.45) is 2.70. The first-order chi connectivity index (χ1) is 12.6. The number of likely N-dealkylation sites (N-methyl/N-ethyl adjacent to an activating group) is 1.